The molecule has 15 heavy (non-hydrogen) atoms. The highest BCUT2D eigenvalue weighted by Crippen LogP contribution is 2.23. The molecule has 1 aliphatic carbocycles. The highest BCUT2D eigenvalue weighted by molar-refractivity contribution is 5.79. The first-order valence-electron chi connectivity index (χ1n) is 5.92. The van der Waals surface area contributed by atoms with E-state index in [1.54, 1.807) is 0 Å². The Morgan fingerprint density at radius 1 is 1.40 bits per heavy atom. The number of nitrogens with zero attached hydrogens (tertiary/aromatic N) is 1. The molecule has 0 bridgehead atoms. The van der Waals surface area contributed by atoms with Gasteiger partial charge >= 0.3 is 0 Å². The van der Waals surface area contributed by atoms with E-state index >= 15 is 0 Å². The SMILES string of the molecule is CC1CCC(NCCCC(N)=NO)CC1. The molecule has 0 saturated heterocycles. The van der Waals surface area contributed by atoms with E-state index in [0.29, 0.717) is 18.3 Å². The van der Waals surface area contributed by atoms with Gasteiger partial charge in [0.15, 0.2) is 0 Å². The number of rotatable bonds is 5. The van der Waals surface area contributed by atoms with Gasteiger partial charge in [-0.1, -0.05) is 12.1 Å². The molecule has 0 aliphatic heterocycles. The van der Waals surface area contributed by atoms with Gasteiger partial charge in [-0.3, -0.25) is 0 Å². The van der Waals surface area contributed by atoms with Crippen molar-refractivity contribution in [1.82, 2.24) is 5.32 Å². The van der Waals surface area contributed by atoms with Crippen LogP contribution in [0.3, 0.4) is 0 Å². The molecule has 0 aromatic rings. The summed E-state index contributed by atoms with van der Waals surface area (Å²) in [5.41, 5.74) is 5.38. The van der Waals surface area contributed by atoms with Crippen LogP contribution in [0.4, 0.5) is 0 Å². The maximum Gasteiger partial charge on any atom is 0.139 e. The zero-order valence-electron chi connectivity index (χ0n) is 9.58. The Hall–Kier alpha value is -0.770. The molecule has 4 heteroatoms. The van der Waals surface area contributed by atoms with Crippen LogP contribution in [0.25, 0.3) is 0 Å². The summed E-state index contributed by atoms with van der Waals surface area (Å²) in [5, 5.41) is 14.8. The maximum absolute atomic E-state index is 8.35. The summed E-state index contributed by atoms with van der Waals surface area (Å²) in [6, 6.07) is 0.688. The van der Waals surface area contributed by atoms with Crippen LogP contribution < -0.4 is 11.1 Å². The monoisotopic (exact) mass is 213 g/mol. The van der Waals surface area contributed by atoms with Crippen LogP contribution in [0.1, 0.15) is 45.4 Å². The first kappa shape index (κ1) is 12.3. The third-order valence-corrected chi connectivity index (χ3v) is 3.19. The minimum atomic E-state index is 0.328. The van der Waals surface area contributed by atoms with Gasteiger partial charge in [-0.2, -0.15) is 0 Å². The largest absolute Gasteiger partial charge is 0.409 e. The van der Waals surface area contributed by atoms with Crippen LogP contribution in [0.2, 0.25) is 0 Å². The van der Waals surface area contributed by atoms with Gasteiger partial charge < -0.3 is 16.3 Å². The van der Waals surface area contributed by atoms with Gasteiger partial charge in [-0.25, -0.2) is 0 Å². The van der Waals surface area contributed by atoms with E-state index in [1.165, 1.54) is 25.7 Å². The first-order chi connectivity index (χ1) is 7.22. The second-order valence-electron chi connectivity index (χ2n) is 4.61. The number of hydrogen-bond acceptors (Lipinski definition) is 3. The van der Waals surface area contributed by atoms with Crippen LogP contribution in [-0.2, 0) is 0 Å². The highest BCUT2D eigenvalue weighted by atomic mass is 16.4. The van der Waals surface area contributed by atoms with E-state index in [2.05, 4.69) is 17.4 Å². The zero-order chi connectivity index (χ0) is 11.1. The molecule has 88 valence electrons. The lowest BCUT2D eigenvalue weighted by Crippen LogP contribution is -2.33. The van der Waals surface area contributed by atoms with Crippen molar-refractivity contribution in [3.63, 3.8) is 0 Å². The molecule has 0 amide bonds. The maximum atomic E-state index is 8.35. The average molecular weight is 213 g/mol. The summed E-state index contributed by atoms with van der Waals surface area (Å²) in [6.45, 7) is 3.30. The molecule has 4 nitrogen and oxygen atoms in total. The molecular formula is C11H23N3O. The fraction of sp³-hybridized carbons (Fsp3) is 0.909. The average Bonchev–Trinajstić information content (AvgIpc) is 2.26. The number of nitrogens with one attached hydrogen (secondary N) is 1. The van der Waals surface area contributed by atoms with Gasteiger partial charge in [0.1, 0.15) is 5.84 Å². The minimum Gasteiger partial charge on any atom is -0.409 e. The van der Waals surface area contributed by atoms with Crippen molar-refractivity contribution in [3.8, 4) is 0 Å². The Morgan fingerprint density at radius 3 is 2.67 bits per heavy atom. The third-order valence-electron chi connectivity index (χ3n) is 3.19. The quantitative estimate of drug-likeness (QED) is 0.214. The van der Waals surface area contributed by atoms with E-state index in [1.807, 2.05) is 0 Å². The smallest absolute Gasteiger partial charge is 0.139 e. The van der Waals surface area contributed by atoms with Crippen molar-refractivity contribution in [1.29, 1.82) is 0 Å². The van der Waals surface area contributed by atoms with E-state index in [0.717, 1.165) is 18.9 Å². The molecular weight excluding hydrogens is 190 g/mol. The number of oxime groups is 1. The summed E-state index contributed by atoms with van der Waals surface area (Å²) in [5.74, 6) is 1.23. The molecule has 1 fully saturated rings. The third kappa shape index (κ3) is 5.02. The van der Waals surface area contributed by atoms with Crippen molar-refractivity contribution in [2.75, 3.05) is 6.54 Å². The molecule has 0 heterocycles. The second-order valence-corrected chi connectivity index (χ2v) is 4.61. The molecule has 0 aromatic carbocycles. The van der Waals surface area contributed by atoms with E-state index < -0.39 is 0 Å². The Kier molecular flexibility index (Phi) is 5.47. The number of hydrogen-bond donors (Lipinski definition) is 3. The molecule has 4 N–H and O–H groups in total. The molecule has 1 rings (SSSR count). The van der Waals surface area contributed by atoms with E-state index in [-0.39, 0.29) is 0 Å². The normalized spacial score (nSPS) is 27.9. The van der Waals surface area contributed by atoms with Crippen molar-refractivity contribution < 1.29 is 5.21 Å². The van der Waals surface area contributed by atoms with Gasteiger partial charge in [0.05, 0.1) is 0 Å². The van der Waals surface area contributed by atoms with E-state index in [9.17, 15) is 0 Å². The van der Waals surface area contributed by atoms with Crippen molar-refractivity contribution in [3.05, 3.63) is 0 Å². The summed E-state index contributed by atoms with van der Waals surface area (Å²) in [4.78, 5) is 0. The van der Waals surface area contributed by atoms with E-state index in [4.69, 9.17) is 10.9 Å². The lowest BCUT2D eigenvalue weighted by Gasteiger charge is -2.27. The number of nitrogens with two attached hydrogens (primary N) is 1. The minimum absolute atomic E-state index is 0.328. The van der Waals surface area contributed by atoms with Crippen molar-refractivity contribution in [2.24, 2.45) is 16.8 Å². The van der Waals surface area contributed by atoms with Crippen LogP contribution in [0, 0.1) is 5.92 Å². The summed E-state index contributed by atoms with van der Waals surface area (Å²) in [7, 11) is 0. The highest BCUT2D eigenvalue weighted by Gasteiger charge is 2.16. The molecule has 0 radical (unpaired) electrons. The summed E-state index contributed by atoms with van der Waals surface area (Å²) in [6.07, 6.45) is 6.90. The zero-order valence-corrected chi connectivity index (χ0v) is 9.58. The van der Waals surface area contributed by atoms with Gasteiger partial charge in [-0.15, -0.1) is 0 Å². The Morgan fingerprint density at radius 2 is 2.07 bits per heavy atom. The Labute approximate surface area is 91.9 Å². The Bertz CT molecular complexity index is 198. The predicted molar refractivity (Wildman–Crippen MR) is 62.1 cm³/mol. The van der Waals surface area contributed by atoms with Gasteiger partial charge in [0, 0.05) is 12.5 Å². The first-order valence-corrected chi connectivity index (χ1v) is 5.92. The second kappa shape index (κ2) is 6.67. The molecule has 0 unspecified atom stereocenters. The fourth-order valence-corrected chi connectivity index (χ4v) is 2.09. The summed E-state index contributed by atoms with van der Waals surface area (Å²) >= 11 is 0. The summed E-state index contributed by atoms with van der Waals surface area (Å²) < 4.78 is 0. The lowest BCUT2D eigenvalue weighted by molar-refractivity contribution is 0.306. The molecule has 0 spiro atoms. The van der Waals surface area contributed by atoms with Crippen molar-refractivity contribution >= 4 is 5.84 Å². The van der Waals surface area contributed by atoms with Crippen molar-refractivity contribution in [2.45, 2.75) is 51.5 Å². The molecule has 0 aromatic heterocycles. The topological polar surface area (TPSA) is 70.6 Å². The van der Waals surface area contributed by atoms with Gasteiger partial charge in [-0.05, 0) is 44.6 Å². The fourth-order valence-electron chi connectivity index (χ4n) is 2.09. The molecule has 1 aliphatic rings. The molecule has 0 atom stereocenters. The van der Waals surface area contributed by atoms with Crippen LogP contribution >= 0.6 is 0 Å². The Balaban J connectivity index is 2.01. The predicted octanol–water partition coefficient (Wildman–Crippen LogP) is 1.68. The van der Waals surface area contributed by atoms with Gasteiger partial charge in [0.25, 0.3) is 0 Å². The standard InChI is InChI=1S/C11H23N3O/c1-9-4-6-10(7-5-9)13-8-2-3-11(12)14-15/h9-10,13,15H,2-8H2,1H3,(H2,12,14). The van der Waals surface area contributed by atoms with Crippen LogP contribution in [-0.4, -0.2) is 23.6 Å². The lowest BCUT2D eigenvalue weighted by atomic mass is 9.87. The van der Waals surface area contributed by atoms with Crippen LogP contribution in [0.5, 0.6) is 0 Å². The number of amidine groups is 1. The van der Waals surface area contributed by atoms with Gasteiger partial charge in [0.2, 0.25) is 0 Å². The van der Waals surface area contributed by atoms with Crippen LogP contribution in [0.15, 0.2) is 5.16 Å². The molecule has 1 saturated carbocycles.